The number of hydrogen-bond donors (Lipinski definition) is 2. The molecule has 3 nitrogen and oxygen atoms in total. The lowest BCUT2D eigenvalue weighted by molar-refractivity contribution is 0.229. The van der Waals surface area contributed by atoms with Crippen molar-refractivity contribution in [2.45, 2.75) is 25.8 Å². The lowest BCUT2D eigenvalue weighted by Gasteiger charge is -2.26. The molecule has 0 amide bonds. The predicted octanol–water partition coefficient (Wildman–Crippen LogP) is 2.74. The van der Waals surface area contributed by atoms with Gasteiger partial charge in [0.05, 0.1) is 0 Å². The molecule has 0 atom stereocenters. The van der Waals surface area contributed by atoms with Gasteiger partial charge in [0, 0.05) is 31.3 Å². The van der Waals surface area contributed by atoms with Crippen molar-refractivity contribution in [3.63, 3.8) is 0 Å². The van der Waals surface area contributed by atoms with Crippen molar-refractivity contribution in [1.29, 1.82) is 0 Å². The van der Waals surface area contributed by atoms with Gasteiger partial charge in [-0.1, -0.05) is 24.6 Å². The average Bonchev–Trinajstić information content (AvgIpc) is 2.94. The summed E-state index contributed by atoms with van der Waals surface area (Å²) >= 11 is 0. The molecule has 0 unspecified atom stereocenters. The van der Waals surface area contributed by atoms with Crippen LogP contribution in [0.1, 0.15) is 24.8 Å². The normalized spacial score (nSPS) is 17.1. The molecule has 3 heteroatoms. The summed E-state index contributed by atoms with van der Waals surface area (Å²) < 4.78 is 0. The summed E-state index contributed by atoms with van der Waals surface area (Å²) in [5.41, 5.74) is 2.63. The van der Waals surface area contributed by atoms with E-state index in [4.69, 9.17) is 0 Å². The minimum absolute atomic E-state index is 0.950. The third-order valence-electron chi connectivity index (χ3n) is 4.04. The lowest BCUT2D eigenvalue weighted by atomic mass is 10.1. The highest BCUT2D eigenvalue weighted by atomic mass is 15.1. The molecular weight excluding hydrogens is 234 g/mol. The summed E-state index contributed by atoms with van der Waals surface area (Å²) in [5.74, 6) is 0. The topological polar surface area (TPSA) is 31.1 Å². The molecule has 0 spiro atoms. The second-order valence-electron chi connectivity index (χ2n) is 5.44. The van der Waals surface area contributed by atoms with Crippen LogP contribution in [0.2, 0.25) is 0 Å². The van der Waals surface area contributed by atoms with Gasteiger partial charge in [-0.3, -0.25) is 0 Å². The SMILES string of the molecule is c1cc(CNCCN2CCCCC2)c2[nH]ccc2c1. The van der Waals surface area contributed by atoms with E-state index in [1.807, 2.05) is 6.20 Å². The Morgan fingerprint density at radius 3 is 2.89 bits per heavy atom. The van der Waals surface area contributed by atoms with E-state index in [0.29, 0.717) is 0 Å². The van der Waals surface area contributed by atoms with Crippen LogP contribution in [0.15, 0.2) is 30.5 Å². The molecule has 1 fully saturated rings. The van der Waals surface area contributed by atoms with Gasteiger partial charge < -0.3 is 15.2 Å². The maximum absolute atomic E-state index is 3.57. The van der Waals surface area contributed by atoms with Crippen molar-refractivity contribution < 1.29 is 0 Å². The van der Waals surface area contributed by atoms with Crippen LogP contribution in [0.5, 0.6) is 0 Å². The first-order chi connectivity index (χ1) is 9.43. The molecule has 2 N–H and O–H groups in total. The quantitative estimate of drug-likeness (QED) is 0.807. The van der Waals surface area contributed by atoms with Gasteiger partial charge in [-0.05, 0) is 42.9 Å². The summed E-state index contributed by atoms with van der Waals surface area (Å²) in [6.07, 6.45) is 6.18. The number of piperidine rings is 1. The van der Waals surface area contributed by atoms with Crippen molar-refractivity contribution in [1.82, 2.24) is 15.2 Å². The third kappa shape index (κ3) is 3.17. The standard InChI is InChI=1S/C16H23N3/c1-2-10-19(11-3-1)12-9-17-13-15-6-4-5-14-7-8-18-16(14)15/h4-8,17-18H,1-3,9-13H2. The second-order valence-corrected chi connectivity index (χ2v) is 5.44. The van der Waals surface area contributed by atoms with E-state index in [-0.39, 0.29) is 0 Å². The zero-order valence-corrected chi connectivity index (χ0v) is 11.5. The summed E-state index contributed by atoms with van der Waals surface area (Å²) in [6.45, 7) is 5.78. The van der Waals surface area contributed by atoms with Gasteiger partial charge in [-0.2, -0.15) is 0 Å². The Kier molecular flexibility index (Phi) is 4.16. The summed E-state index contributed by atoms with van der Waals surface area (Å²) in [7, 11) is 0. The third-order valence-corrected chi connectivity index (χ3v) is 4.04. The molecule has 2 heterocycles. The summed E-state index contributed by atoms with van der Waals surface area (Å²) in [6, 6.07) is 8.63. The monoisotopic (exact) mass is 257 g/mol. The van der Waals surface area contributed by atoms with Crippen molar-refractivity contribution in [3.05, 3.63) is 36.0 Å². The van der Waals surface area contributed by atoms with Gasteiger partial charge in [-0.25, -0.2) is 0 Å². The largest absolute Gasteiger partial charge is 0.361 e. The number of fused-ring (bicyclic) bond motifs is 1. The first kappa shape index (κ1) is 12.7. The maximum atomic E-state index is 3.57. The highest BCUT2D eigenvalue weighted by molar-refractivity contribution is 5.82. The van der Waals surface area contributed by atoms with Crippen molar-refractivity contribution in [2.24, 2.45) is 0 Å². The Balaban J connectivity index is 1.48. The van der Waals surface area contributed by atoms with Gasteiger partial charge in [0.15, 0.2) is 0 Å². The summed E-state index contributed by atoms with van der Waals surface area (Å²) in [4.78, 5) is 5.90. The van der Waals surface area contributed by atoms with Crippen LogP contribution in [0.3, 0.4) is 0 Å². The zero-order valence-electron chi connectivity index (χ0n) is 11.5. The number of H-pyrrole nitrogens is 1. The Hall–Kier alpha value is -1.32. The number of rotatable bonds is 5. The van der Waals surface area contributed by atoms with Crippen LogP contribution < -0.4 is 5.32 Å². The number of hydrogen-bond acceptors (Lipinski definition) is 2. The lowest BCUT2D eigenvalue weighted by Crippen LogP contribution is -2.35. The molecule has 1 aromatic carbocycles. The minimum Gasteiger partial charge on any atom is -0.361 e. The highest BCUT2D eigenvalue weighted by Gasteiger charge is 2.09. The number of para-hydroxylation sites is 1. The van der Waals surface area contributed by atoms with Gasteiger partial charge in [-0.15, -0.1) is 0 Å². The molecule has 102 valence electrons. The Morgan fingerprint density at radius 2 is 2.00 bits per heavy atom. The van der Waals surface area contributed by atoms with E-state index in [1.165, 1.54) is 55.4 Å². The first-order valence-electron chi connectivity index (χ1n) is 7.41. The Labute approximate surface area is 115 Å². The molecule has 0 aliphatic carbocycles. The number of aromatic nitrogens is 1. The van der Waals surface area contributed by atoms with Crippen molar-refractivity contribution in [2.75, 3.05) is 26.2 Å². The highest BCUT2D eigenvalue weighted by Crippen LogP contribution is 2.16. The average molecular weight is 257 g/mol. The molecule has 1 aliphatic heterocycles. The number of benzene rings is 1. The molecule has 1 aliphatic rings. The van der Waals surface area contributed by atoms with Crippen LogP contribution in [-0.2, 0) is 6.54 Å². The van der Waals surface area contributed by atoms with Crippen molar-refractivity contribution >= 4 is 10.9 Å². The van der Waals surface area contributed by atoms with Gasteiger partial charge in [0.25, 0.3) is 0 Å². The fourth-order valence-corrected chi connectivity index (χ4v) is 2.94. The molecule has 19 heavy (non-hydrogen) atoms. The van der Waals surface area contributed by atoms with E-state index in [2.05, 4.69) is 39.5 Å². The van der Waals surface area contributed by atoms with Crippen LogP contribution in [-0.4, -0.2) is 36.1 Å². The van der Waals surface area contributed by atoms with Crippen LogP contribution >= 0.6 is 0 Å². The van der Waals surface area contributed by atoms with Gasteiger partial charge in [0.2, 0.25) is 0 Å². The van der Waals surface area contributed by atoms with E-state index < -0.39 is 0 Å². The van der Waals surface area contributed by atoms with Crippen LogP contribution in [0, 0.1) is 0 Å². The fraction of sp³-hybridized carbons (Fsp3) is 0.500. The van der Waals surface area contributed by atoms with Gasteiger partial charge in [0.1, 0.15) is 0 Å². The molecule has 3 rings (SSSR count). The Morgan fingerprint density at radius 1 is 1.11 bits per heavy atom. The second kappa shape index (κ2) is 6.22. The predicted molar refractivity (Wildman–Crippen MR) is 80.3 cm³/mol. The van der Waals surface area contributed by atoms with Crippen LogP contribution in [0.4, 0.5) is 0 Å². The molecule has 0 saturated carbocycles. The molecule has 2 aromatic rings. The molecule has 1 aromatic heterocycles. The first-order valence-corrected chi connectivity index (χ1v) is 7.41. The summed E-state index contributed by atoms with van der Waals surface area (Å²) in [5, 5.41) is 4.87. The van der Waals surface area contributed by atoms with Crippen LogP contribution in [0.25, 0.3) is 10.9 Å². The number of nitrogens with zero attached hydrogens (tertiary/aromatic N) is 1. The van der Waals surface area contributed by atoms with E-state index in [9.17, 15) is 0 Å². The smallest absolute Gasteiger partial charge is 0.0499 e. The molecule has 1 saturated heterocycles. The van der Waals surface area contributed by atoms with E-state index >= 15 is 0 Å². The number of likely N-dealkylation sites (tertiary alicyclic amines) is 1. The molecule has 0 bridgehead atoms. The van der Waals surface area contributed by atoms with E-state index in [1.54, 1.807) is 0 Å². The molecule has 0 radical (unpaired) electrons. The van der Waals surface area contributed by atoms with Gasteiger partial charge >= 0.3 is 0 Å². The van der Waals surface area contributed by atoms with E-state index in [0.717, 1.165) is 13.1 Å². The number of aromatic amines is 1. The zero-order chi connectivity index (χ0) is 12.9. The maximum Gasteiger partial charge on any atom is 0.0499 e. The fourth-order valence-electron chi connectivity index (χ4n) is 2.94. The van der Waals surface area contributed by atoms with Crippen molar-refractivity contribution in [3.8, 4) is 0 Å². The number of nitrogens with one attached hydrogen (secondary N) is 2. The minimum atomic E-state index is 0.950. The Bertz CT molecular complexity index is 511. The molecular formula is C16H23N3.